The van der Waals surface area contributed by atoms with Gasteiger partial charge in [0.15, 0.2) is 0 Å². The monoisotopic (exact) mass is 222 g/mol. The summed E-state index contributed by atoms with van der Waals surface area (Å²) in [5.41, 5.74) is -0.190. The Bertz CT molecular complexity index is 177. The normalized spacial score (nSPS) is 20.8. The van der Waals surface area contributed by atoms with Gasteiger partial charge in [-0.15, -0.1) is 0 Å². The molecule has 92 valence electrons. The molecule has 0 aromatic rings. The standard InChI is InChI=1S/C10H22O5/c1-10(2,3)4-6(12)8(14)9(15)7(13)5-11/h6-9,11-15H,4-5H2,1-3H3/t6-,7-,8-,9-/m0/s1. The molecule has 5 nitrogen and oxygen atoms in total. The zero-order valence-electron chi connectivity index (χ0n) is 9.46. The summed E-state index contributed by atoms with van der Waals surface area (Å²) < 4.78 is 0. The first-order valence-electron chi connectivity index (χ1n) is 5.02. The second-order valence-electron chi connectivity index (χ2n) is 5.06. The van der Waals surface area contributed by atoms with Crippen molar-refractivity contribution in [3.8, 4) is 0 Å². The molecular formula is C10H22O5. The minimum Gasteiger partial charge on any atom is -0.394 e. The molecule has 0 aliphatic carbocycles. The van der Waals surface area contributed by atoms with Gasteiger partial charge in [0.1, 0.15) is 18.3 Å². The van der Waals surface area contributed by atoms with Crippen LogP contribution in [0.25, 0.3) is 0 Å². The third-order valence-electron chi connectivity index (χ3n) is 2.15. The van der Waals surface area contributed by atoms with E-state index < -0.39 is 31.0 Å². The highest BCUT2D eigenvalue weighted by molar-refractivity contribution is 4.83. The minimum atomic E-state index is -1.53. The number of aliphatic hydroxyl groups is 5. The summed E-state index contributed by atoms with van der Waals surface area (Å²) in [5.74, 6) is 0. The van der Waals surface area contributed by atoms with Gasteiger partial charge in [0.25, 0.3) is 0 Å². The average molecular weight is 222 g/mol. The Morgan fingerprint density at radius 3 is 1.60 bits per heavy atom. The second-order valence-corrected chi connectivity index (χ2v) is 5.06. The maximum absolute atomic E-state index is 9.57. The fourth-order valence-electron chi connectivity index (χ4n) is 1.31. The van der Waals surface area contributed by atoms with Crippen molar-refractivity contribution >= 4 is 0 Å². The molecule has 0 saturated carbocycles. The van der Waals surface area contributed by atoms with Gasteiger partial charge in [0.2, 0.25) is 0 Å². The Kier molecular flexibility index (Phi) is 5.69. The maximum atomic E-state index is 9.57. The summed E-state index contributed by atoms with van der Waals surface area (Å²) in [5, 5.41) is 46.0. The van der Waals surface area contributed by atoms with Gasteiger partial charge in [-0.05, 0) is 11.8 Å². The van der Waals surface area contributed by atoms with E-state index in [-0.39, 0.29) is 5.41 Å². The molecule has 0 bridgehead atoms. The molecule has 0 aromatic carbocycles. The topological polar surface area (TPSA) is 101 Å². The molecule has 0 spiro atoms. The molecule has 0 radical (unpaired) electrons. The highest BCUT2D eigenvalue weighted by atomic mass is 16.4. The van der Waals surface area contributed by atoms with Crippen molar-refractivity contribution in [3.63, 3.8) is 0 Å². The molecule has 0 amide bonds. The van der Waals surface area contributed by atoms with Crippen LogP contribution in [-0.4, -0.2) is 56.6 Å². The van der Waals surface area contributed by atoms with E-state index in [0.717, 1.165) is 0 Å². The van der Waals surface area contributed by atoms with Crippen molar-refractivity contribution in [2.24, 2.45) is 5.41 Å². The van der Waals surface area contributed by atoms with Crippen molar-refractivity contribution in [1.29, 1.82) is 0 Å². The number of hydrogen-bond acceptors (Lipinski definition) is 5. The molecule has 5 heteroatoms. The van der Waals surface area contributed by atoms with Crippen molar-refractivity contribution < 1.29 is 25.5 Å². The van der Waals surface area contributed by atoms with Crippen LogP contribution >= 0.6 is 0 Å². The Hall–Kier alpha value is -0.200. The summed E-state index contributed by atoms with van der Waals surface area (Å²) in [4.78, 5) is 0. The fraction of sp³-hybridized carbons (Fsp3) is 1.00. The largest absolute Gasteiger partial charge is 0.394 e. The van der Waals surface area contributed by atoms with Crippen LogP contribution in [0.5, 0.6) is 0 Å². The molecule has 15 heavy (non-hydrogen) atoms. The second kappa shape index (κ2) is 5.77. The van der Waals surface area contributed by atoms with E-state index in [9.17, 15) is 15.3 Å². The van der Waals surface area contributed by atoms with Crippen molar-refractivity contribution in [3.05, 3.63) is 0 Å². The summed E-state index contributed by atoms with van der Waals surface area (Å²) in [7, 11) is 0. The molecule has 4 atom stereocenters. The Balaban J connectivity index is 4.25. The molecule has 0 unspecified atom stereocenters. The van der Waals surface area contributed by atoms with E-state index in [1.165, 1.54) is 0 Å². The van der Waals surface area contributed by atoms with Crippen LogP contribution in [0, 0.1) is 5.41 Å². The van der Waals surface area contributed by atoms with Crippen LogP contribution in [0.4, 0.5) is 0 Å². The van der Waals surface area contributed by atoms with Gasteiger partial charge >= 0.3 is 0 Å². The van der Waals surface area contributed by atoms with E-state index in [4.69, 9.17) is 10.2 Å². The Morgan fingerprint density at radius 1 is 0.867 bits per heavy atom. The fourth-order valence-corrected chi connectivity index (χ4v) is 1.31. The van der Waals surface area contributed by atoms with Gasteiger partial charge in [0.05, 0.1) is 12.7 Å². The molecule has 0 rings (SSSR count). The number of hydrogen-bond donors (Lipinski definition) is 5. The molecule has 0 aliphatic heterocycles. The van der Waals surface area contributed by atoms with Crippen molar-refractivity contribution in [2.45, 2.75) is 51.6 Å². The van der Waals surface area contributed by atoms with Gasteiger partial charge in [-0.2, -0.15) is 0 Å². The number of rotatable bonds is 5. The summed E-state index contributed by atoms with van der Waals surface area (Å²) >= 11 is 0. The summed E-state index contributed by atoms with van der Waals surface area (Å²) in [6, 6.07) is 0. The lowest BCUT2D eigenvalue weighted by Gasteiger charge is -2.29. The lowest BCUT2D eigenvalue weighted by molar-refractivity contribution is -0.121. The van der Waals surface area contributed by atoms with Crippen LogP contribution in [0.15, 0.2) is 0 Å². The van der Waals surface area contributed by atoms with E-state index >= 15 is 0 Å². The van der Waals surface area contributed by atoms with Crippen LogP contribution in [0.1, 0.15) is 27.2 Å². The molecule has 5 N–H and O–H groups in total. The lowest BCUT2D eigenvalue weighted by Crippen LogP contribution is -2.46. The van der Waals surface area contributed by atoms with Crippen LogP contribution < -0.4 is 0 Å². The van der Waals surface area contributed by atoms with E-state index in [1.54, 1.807) is 0 Å². The minimum absolute atomic E-state index is 0.190. The zero-order valence-corrected chi connectivity index (χ0v) is 9.46. The number of aliphatic hydroxyl groups excluding tert-OH is 5. The van der Waals surface area contributed by atoms with Gasteiger partial charge in [-0.1, -0.05) is 20.8 Å². The Labute approximate surface area is 90.0 Å². The quantitative estimate of drug-likeness (QED) is 0.405. The van der Waals surface area contributed by atoms with E-state index in [1.807, 2.05) is 20.8 Å². The third-order valence-corrected chi connectivity index (χ3v) is 2.15. The molecule has 0 fully saturated rings. The van der Waals surface area contributed by atoms with Crippen LogP contribution in [0.3, 0.4) is 0 Å². The van der Waals surface area contributed by atoms with Gasteiger partial charge in [0, 0.05) is 0 Å². The molecule has 0 aromatic heterocycles. The first-order valence-corrected chi connectivity index (χ1v) is 5.02. The van der Waals surface area contributed by atoms with E-state index in [2.05, 4.69) is 0 Å². The third kappa shape index (κ3) is 5.44. The summed E-state index contributed by atoms with van der Waals surface area (Å²) in [6.07, 6.45) is -5.25. The predicted molar refractivity (Wildman–Crippen MR) is 55.2 cm³/mol. The predicted octanol–water partition coefficient (Wildman–Crippen LogP) is -1.14. The van der Waals surface area contributed by atoms with Crippen LogP contribution in [-0.2, 0) is 0 Å². The lowest BCUT2D eigenvalue weighted by atomic mass is 9.86. The highest BCUT2D eigenvalue weighted by Gasteiger charge is 2.32. The highest BCUT2D eigenvalue weighted by Crippen LogP contribution is 2.23. The summed E-state index contributed by atoms with van der Waals surface area (Å²) in [6.45, 7) is 5.01. The molecule has 0 aliphatic rings. The van der Waals surface area contributed by atoms with Crippen molar-refractivity contribution in [1.82, 2.24) is 0 Å². The zero-order chi connectivity index (χ0) is 12.2. The van der Waals surface area contributed by atoms with Gasteiger partial charge < -0.3 is 25.5 Å². The smallest absolute Gasteiger partial charge is 0.110 e. The molecular weight excluding hydrogens is 200 g/mol. The van der Waals surface area contributed by atoms with Gasteiger partial charge in [-0.3, -0.25) is 0 Å². The maximum Gasteiger partial charge on any atom is 0.110 e. The molecule has 0 heterocycles. The van der Waals surface area contributed by atoms with Crippen LogP contribution in [0.2, 0.25) is 0 Å². The SMILES string of the molecule is CC(C)(C)C[C@H](O)[C@H](O)[C@@H](O)[C@@H](O)CO. The Morgan fingerprint density at radius 2 is 1.27 bits per heavy atom. The van der Waals surface area contributed by atoms with Gasteiger partial charge in [-0.25, -0.2) is 0 Å². The van der Waals surface area contributed by atoms with Crippen molar-refractivity contribution in [2.75, 3.05) is 6.61 Å². The average Bonchev–Trinajstić information content (AvgIpc) is 2.11. The van der Waals surface area contributed by atoms with E-state index in [0.29, 0.717) is 6.42 Å². The first kappa shape index (κ1) is 14.8. The first-order chi connectivity index (χ1) is 6.69. The molecule has 0 saturated heterocycles.